The van der Waals surface area contributed by atoms with Gasteiger partial charge in [-0.25, -0.2) is 0 Å². The molecular formula is C12H18N2O3S. The second-order valence-electron chi connectivity index (χ2n) is 5.34. The second kappa shape index (κ2) is 4.51. The van der Waals surface area contributed by atoms with Crippen LogP contribution < -0.4 is 4.90 Å². The van der Waals surface area contributed by atoms with Crippen LogP contribution in [0.3, 0.4) is 0 Å². The van der Waals surface area contributed by atoms with E-state index in [1.54, 1.807) is 6.92 Å². The Labute approximate surface area is 110 Å². The zero-order valence-electron chi connectivity index (χ0n) is 10.8. The van der Waals surface area contributed by atoms with Gasteiger partial charge in [0.15, 0.2) is 5.00 Å². The fourth-order valence-electron chi connectivity index (χ4n) is 2.40. The molecule has 0 saturated carbocycles. The van der Waals surface area contributed by atoms with Gasteiger partial charge >= 0.3 is 5.69 Å². The number of rotatable bonds is 3. The number of aliphatic hydroxyl groups excluding tert-OH is 1. The summed E-state index contributed by atoms with van der Waals surface area (Å²) in [4.78, 5) is 13.5. The molecule has 2 rings (SSSR count). The van der Waals surface area contributed by atoms with E-state index in [1.165, 1.54) is 17.4 Å². The molecule has 1 N–H and O–H groups in total. The minimum atomic E-state index is -0.659. The Morgan fingerprint density at radius 2 is 2.28 bits per heavy atom. The van der Waals surface area contributed by atoms with Gasteiger partial charge in [-0.05, 0) is 33.6 Å². The molecule has 1 aromatic rings. The Morgan fingerprint density at radius 3 is 2.72 bits per heavy atom. The molecule has 18 heavy (non-hydrogen) atoms. The number of hydrogen-bond donors (Lipinski definition) is 1. The Kier molecular flexibility index (Phi) is 3.33. The third-order valence-electron chi connectivity index (χ3n) is 3.47. The van der Waals surface area contributed by atoms with E-state index in [2.05, 4.69) is 18.7 Å². The zero-order chi connectivity index (χ0) is 13.5. The highest BCUT2D eigenvalue weighted by Gasteiger charge is 2.37. The SMILES string of the molecule is C[C@H](O)c1cc([N+](=O)[O-])c(N2CCCC2(C)C)s1. The van der Waals surface area contributed by atoms with Crippen LogP contribution in [0.5, 0.6) is 0 Å². The lowest BCUT2D eigenvalue weighted by Crippen LogP contribution is -2.37. The molecular weight excluding hydrogens is 252 g/mol. The molecule has 0 radical (unpaired) electrons. The first-order valence-electron chi connectivity index (χ1n) is 6.07. The standard InChI is InChI=1S/C12H18N2O3S/c1-8(15)10-7-9(14(16)17)11(18-10)13-6-4-5-12(13,2)3/h7-8,15H,4-6H2,1-3H3/t8-/m0/s1. The topological polar surface area (TPSA) is 66.6 Å². The lowest BCUT2D eigenvalue weighted by atomic mass is 10.0. The Balaban J connectivity index is 2.46. The van der Waals surface area contributed by atoms with Gasteiger partial charge in [-0.1, -0.05) is 0 Å². The minimum absolute atomic E-state index is 0.0500. The summed E-state index contributed by atoms with van der Waals surface area (Å²) in [7, 11) is 0. The van der Waals surface area contributed by atoms with Crippen molar-refractivity contribution in [3.63, 3.8) is 0 Å². The largest absolute Gasteiger partial charge is 0.388 e. The number of nitro groups is 1. The maximum Gasteiger partial charge on any atom is 0.304 e. The van der Waals surface area contributed by atoms with Crippen molar-refractivity contribution < 1.29 is 10.0 Å². The molecule has 1 saturated heterocycles. The smallest absolute Gasteiger partial charge is 0.304 e. The third kappa shape index (κ3) is 2.22. The Hall–Kier alpha value is -1.14. The summed E-state index contributed by atoms with van der Waals surface area (Å²) in [5, 5.41) is 21.4. The van der Waals surface area contributed by atoms with Crippen molar-refractivity contribution in [2.24, 2.45) is 0 Å². The summed E-state index contributed by atoms with van der Waals surface area (Å²) in [6.45, 7) is 6.68. The molecule has 0 aliphatic carbocycles. The summed E-state index contributed by atoms with van der Waals surface area (Å²) in [5.41, 5.74) is 0.0665. The molecule has 0 aromatic carbocycles. The Morgan fingerprint density at radius 1 is 1.61 bits per heavy atom. The summed E-state index contributed by atoms with van der Waals surface area (Å²) < 4.78 is 0. The van der Waals surface area contributed by atoms with Gasteiger partial charge in [-0.15, -0.1) is 11.3 Å². The van der Waals surface area contributed by atoms with Crippen LogP contribution >= 0.6 is 11.3 Å². The molecule has 0 unspecified atom stereocenters. The van der Waals surface area contributed by atoms with Crippen LogP contribution in [0, 0.1) is 10.1 Å². The predicted octanol–water partition coefficient (Wildman–Crippen LogP) is 3.09. The molecule has 0 amide bonds. The van der Waals surface area contributed by atoms with E-state index < -0.39 is 6.10 Å². The van der Waals surface area contributed by atoms with Gasteiger partial charge in [-0.3, -0.25) is 10.1 Å². The molecule has 100 valence electrons. The summed E-state index contributed by atoms with van der Waals surface area (Å²) in [6, 6.07) is 1.50. The molecule has 2 heterocycles. The van der Waals surface area contributed by atoms with Crippen LogP contribution in [0.1, 0.15) is 44.6 Å². The lowest BCUT2D eigenvalue weighted by molar-refractivity contribution is -0.383. The monoisotopic (exact) mass is 270 g/mol. The first-order chi connectivity index (χ1) is 8.33. The Bertz CT molecular complexity index is 468. The van der Waals surface area contributed by atoms with Gasteiger partial charge in [0, 0.05) is 23.0 Å². The van der Waals surface area contributed by atoms with Crippen molar-refractivity contribution in [2.45, 2.75) is 45.3 Å². The van der Waals surface area contributed by atoms with Crippen LogP contribution in [0.2, 0.25) is 0 Å². The van der Waals surface area contributed by atoms with Crippen molar-refractivity contribution in [2.75, 3.05) is 11.4 Å². The van der Waals surface area contributed by atoms with Crippen molar-refractivity contribution >= 4 is 22.0 Å². The molecule has 0 bridgehead atoms. The summed E-state index contributed by atoms with van der Waals surface area (Å²) in [6.07, 6.45) is 1.42. The molecule has 5 nitrogen and oxygen atoms in total. The average Bonchev–Trinajstić information content (AvgIpc) is 2.80. The highest BCUT2D eigenvalue weighted by Crippen LogP contribution is 2.45. The fraction of sp³-hybridized carbons (Fsp3) is 0.667. The van der Waals surface area contributed by atoms with Gasteiger partial charge < -0.3 is 10.0 Å². The third-order valence-corrected chi connectivity index (χ3v) is 4.78. The maximum atomic E-state index is 11.1. The van der Waals surface area contributed by atoms with Gasteiger partial charge in [-0.2, -0.15) is 0 Å². The van der Waals surface area contributed by atoms with Crippen molar-refractivity contribution in [1.29, 1.82) is 0 Å². The van der Waals surface area contributed by atoms with E-state index in [0.717, 1.165) is 19.4 Å². The normalized spacial score (nSPS) is 20.1. The van der Waals surface area contributed by atoms with Crippen molar-refractivity contribution in [1.82, 2.24) is 0 Å². The van der Waals surface area contributed by atoms with Gasteiger partial charge in [0.1, 0.15) is 0 Å². The van der Waals surface area contributed by atoms with Crippen LogP contribution in [0.15, 0.2) is 6.07 Å². The number of hydrogen-bond acceptors (Lipinski definition) is 5. The second-order valence-corrected chi connectivity index (χ2v) is 6.40. The van der Waals surface area contributed by atoms with Gasteiger partial charge in [0.25, 0.3) is 0 Å². The molecule has 1 atom stereocenters. The molecule has 6 heteroatoms. The van der Waals surface area contributed by atoms with Crippen LogP contribution in [-0.2, 0) is 0 Å². The summed E-state index contributed by atoms with van der Waals surface area (Å²) >= 11 is 1.33. The van der Waals surface area contributed by atoms with E-state index in [1.807, 2.05) is 0 Å². The number of thiophene rings is 1. The number of aliphatic hydroxyl groups is 1. The van der Waals surface area contributed by atoms with Crippen LogP contribution in [0.25, 0.3) is 0 Å². The number of nitrogens with zero attached hydrogens (tertiary/aromatic N) is 2. The first kappa shape index (κ1) is 13.3. The average molecular weight is 270 g/mol. The molecule has 1 aromatic heterocycles. The quantitative estimate of drug-likeness (QED) is 0.677. The molecule has 1 aliphatic heterocycles. The number of anilines is 1. The minimum Gasteiger partial charge on any atom is -0.388 e. The van der Waals surface area contributed by atoms with E-state index >= 15 is 0 Å². The van der Waals surface area contributed by atoms with Gasteiger partial charge in [0.2, 0.25) is 0 Å². The predicted molar refractivity (Wildman–Crippen MR) is 72.3 cm³/mol. The lowest BCUT2D eigenvalue weighted by Gasteiger charge is -2.31. The molecule has 1 fully saturated rings. The highest BCUT2D eigenvalue weighted by atomic mass is 32.1. The van der Waals surface area contributed by atoms with Crippen LogP contribution in [-0.4, -0.2) is 22.1 Å². The van der Waals surface area contributed by atoms with E-state index in [9.17, 15) is 15.2 Å². The maximum absolute atomic E-state index is 11.1. The van der Waals surface area contributed by atoms with E-state index in [-0.39, 0.29) is 16.1 Å². The van der Waals surface area contributed by atoms with Crippen molar-refractivity contribution in [3.8, 4) is 0 Å². The fourth-order valence-corrected chi connectivity index (χ4v) is 3.65. The van der Waals surface area contributed by atoms with Crippen molar-refractivity contribution in [3.05, 3.63) is 21.1 Å². The molecule has 0 spiro atoms. The first-order valence-corrected chi connectivity index (χ1v) is 6.88. The van der Waals surface area contributed by atoms with E-state index in [4.69, 9.17) is 0 Å². The summed E-state index contributed by atoms with van der Waals surface area (Å²) in [5.74, 6) is 0. The van der Waals surface area contributed by atoms with E-state index in [0.29, 0.717) is 9.88 Å². The zero-order valence-corrected chi connectivity index (χ0v) is 11.7. The van der Waals surface area contributed by atoms with Crippen LogP contribution in [0.4, 0.5) is 10.7 Å². The highest BCUT2D eigenvalue weighted by molar-refractivity contribution is 7.16. The molecule has 1 aliphatic rings. The van der Waals surface area contributed by atoms with Gasteiger partial charge in [0.05, 0.1) is 11.0 Å².